The van der Waals surface area contributed by atoms with Gasteiger partial charge in [0.15, 0.2) is 5.82 Å². The topological polar surface area (TPSA) is 91.2 Å². The number of rotatable bonds is 3. The molecule has 6 heteroatoms. The Labute approximate surface area is 111 Å². The van der Waals surface area contributed by atoms with E-state index in [4.69, 9.17) is 15.0 Å². The van der Waals surface area contributed by atoms with E-state index >= 15 is 0 Å². The Morgan fingerprint density at radius 1 is 1.32 bits per heavy atom. The molecule has 0 aromatic carbocycles. The second kappa shape index (κ2) is 4.30. The van der Waals surface area contributed by atoms with Crippen LogP contribution in [0.2, 0.25) is 0 Å². The molecule has 1 saturated carbocycles. The van der Waals surface area contributed by atoms with Crippen molar-refractivity contribution >= 4 is 5.91 Å². The highest BCUT2D eigenvalue weighted by Crippen LogP contribution is 2.47. The summed E-state index contributed by atoms with van der Waals surface area (Å²) in [6.07, 6.45) is 3.58. The van der Waals surface area contributed by atoms with Gasteiger partial charge in [-0.05, 0) is 39.5 Å². The summed E-state index contributed by atoms with van der Waals surface area (Å²) >= 11 is 0. The van der Waals surface area contributed by atoms with Gasteiger partial charge in [0, 0.05) is 5.92 Å². The second-order valence-corrected chi connectivity index (χ2v) is 5.83. The molecule has 1 unspecified atom stereocenters. The lowest BCUT2D eigenvalue weighted by Gasteiger charge is -2.30. The molecule has 6 nitrogen and oxygen atoms in total. The lowest BCUT2D eigenvalue weighted by molar-refractivity contribution is -0.121. The fourth-order valence-electron chi connectivity index (χ4n) is 2.90. The van der Waals surface area contributed by atoms with Crippen LogP contribution in [0.4, 0.5) is 0 Å². The Hall–Kier alpha value is -1.43. The zero-order valence-corrected chi connectivity index (χ0v) is 11.3. The minimum atomic E-state index is -0.687. The Kier molecular flexibility index (Phi) is 2.85. The summed E-state index contributed by atoms with van der Waals surface area (Å²) in [4.78, 5) is 15.9. The van der Waals surface area contributed by atoms with Gasteiger partial charge in [0.1, 0.15) is 5.41 Å². The average molecular weight is 265 g/mol. The highest BCUT2D eigenvalue weighted by Gasteiger charge is 2.55. The normalized spacial score (nSPS) is 33.1. The van der Waals surface area contributed by atoms with Gasteiger partial charge in [-0.2, -0.15) is 4.98 Å². The molecule has 1 aliphatic heterocycles. The molecule has 0 bridgehead atoms. The third kappa shape index (κ3) is 2.14. The van der Waals surface area contributed by atoms with Crippen LogP contribution in [0.1, 0.15) is 57.2 Å². The number of carbonyl (C=O) groups is 1. The fraction of sp³-hybridized carbons (Fsp3) is 0.769. The highest BCUT2D eigenvalue weighted by atomic mass is 16.5. The van der Waals surface area contributed by atoms with Crippen molar-refractivity contribution in [1.29, 1.82) is 0 Å². The third-order valence-corrected chi connectivity index (χ3v) is 4.14. The fourth-order valence-corrected chi connectivity index (χ4v) is 2.90. The summed E-state index contributed by atoms with van der Waals surface area (Å²) < 4.78 is 11.0. The Morgan fingerprint density at radius 2 is 1.95 bits per heavy atom. The predicted octanol–water partition coefficient (Wildman–Crippen LogP) is 1.26. The van der Waals surface area contributed by atoms with E-state index in [0.29, 0.717) is 24.6 Å². The Morgan fingerprint density at radius 3 is 2.47 bits per heavy atom. The first-order chi connectivity index (χ1) is 9.01. The first-order valence-corrected chi connectivity index (χ1v) is 6.81. The van der Waals surface area contributed by atoms with Gasteiger partial charge in [-0.3, -0.25) is 4.79 Å². The van der Waals surface area contributed by atoms with E-state index in [1.807, 2.05) is 0 Å². The maximum atomic E-state index is 11.4. The number of aromatic nitrogens is 2. The molecule has 104 valence electrons. The smallest absolute Gasteiger partial charge is 0.242 e. The van der Waals surface area contributed by atoms with Crippen LogP contribution in [-0.2, 0) is 14.9 Å². The monoisotopic (exact) mass is 265 g/mol. The zero-order valence-electron chi connectivity index (χ0n) is 11.3. The van der Waals surface area contributed by atoms with Crippen LogP contribution in [0, 0.1) is 0 Å². The van der Waals surface area contributed by atoms with E-state index in [9.17, 15) is 4.79 Å². The van der Waals surface area contributed by atoms with E-state index < -0.39 is 5.41 Å². The number of hydrogen-bond donors (Lipinski definition) is 1. The van der Waals surface area contributed by atoms with Gasteiger partial charge in [0.05, 0.1) is 12.2 Å². The molecule has 1 aliphatic carbocycles. The molecule has 3 rings (SSSR count). The van der Waals surface area contributed by atoms with Gasteiger partial charge in [-0.15, -0.1) is 0 Å². The minimum absolute atomic E-state index is 0.196. The highest BCUT2D eigenvalue weighted by molar-refractivity contribution is 5.88. The first-order valence-electron chi connectivity index (χ1n) is 6.81. The molecule has 2 heterocycles. The summed E-state index contributed by atoms with van der Waals surface area (Å²) in [6.45, 7) is 4.10. The lowest BCUT2D eigenvalue weighted by atomic mass is 9.92. The Balaban J connectivity index is 1.80. The molecular weight excluding hydrogens is 246 g/mol. The van der Waals surface area contributed by atoms with Gasteiger partial charge >= 0.3 is 0 Å². The van der Waals surface area contributed by atoms with E-state index in [2.05, 4.69) is 24.0 Å². The van der Waals surface area contributed by atoms with Crippen molar-refractivity contribution in [1.82, 2.24) is 10.1 Å². The summed E-state index contributed by atoms with van der Waals surface area (Å²) in [5.74, 6) is 0.947. The minimum Gasteiger partial charge on any atom is -0.376 e. The van der Waals surface area contributed by atoms with Gasteiger partial charge in [0.25, 0.3) is 0 Å². The summed E-state index contributed by atoms with van der Waals surface area (Å²) in [5.41, 5.74) is 4.72. The Bertz CT molecular complexity index is 485. The third-order valence-electron chi connectivity index (χ3n) is 4.14. The zero-order chi connectivity index (χ0) is 13.6. The van der Waals surface area contributed by atoms with Gasteiger partial charge in [-0.1, -0.05) is 5.16 Å². The molecule has 0 radical (unpaired) electrons. The number of ether oxygens (including phenoxy) is 1. The molecule has 1 saturated heterocycles. The molecule has 2 N–H and O–H groups in total. The van der Waals surface area contributed by atoms with E-state index in [1.165, 1.54) is 0 Å². The SMILES string of the molecule is C[C@@H]1CC(c2noc(C3(C(N)=O)CC3)n2)C[C@H](C)O1. The molecule has 1 amide bonds. The maximum absolute atomic E-state index is 11.4. The van der Waals surface area contributed by atoms with Gasteiger partial charge in [-0.25, -0.2) is 0 Å². The molecule has 2 fully saturated rings. The van der Waals surface area contributed by atoms with E-state index in [-0.39, 0.29) is 24.0 Å². The molecule has 3 atom stereocenters. The summed E-state index contributed by atoms with van der Waals surface area (Å²) in [6, 6.07) is 0. The maximum Gasteiger partial charge on any atom is 0.242 e. The van der Waals surface area contributed by atoms with Crippen LogP contribution in [0.15, 0.2) is 4.52 Å². The van der Waals surface area contributed by atoms with E-state index in [0.717, 1.165) is 12.8 Å². The van der Waals surface area contributed by atoms with Gasteiger partial charge in [0.2, 0.25) is 11.8 Å². The standard InChI is InChI=1S/C13H19N3O3/c1-7-5-9(6-8(2)18-7)10-15-12(19-16-10)13(3-4-13)11(14)17/h7-9H,3-6H2,1-2H3,(H2,14,17)/t7-,8+,9?. The average Bonchev–Trinajstić information content (AvgIpc) is 3.00. The number of amides is 1. The van der Waals surface area contributed by atoms with Crippen molar-refractivity contribution in [3.8, 4) is 0 Å². The molecule has 1 aromatic heterocycles. The van der Waals surface area contributed by atoms with Crippen molar-refractivity contribution in [2.45, 2.75) is 63.1 Å². The number of carbonyl (C=O) groups excluding carboxylic acids is 1. The van der Waals surface area contributed by atoms with Crippen molar-refractivity contribution < 1.29 is 14.1 Å². The lowest BCUT2D eigenvalue weighted by Crippen LogP contribution is -2.29. The van der Waals surface area contributed by atoms with Crippen molar-refractivity contribution in [3.05, 3.63) is 11.7 Å². The van der Waals surface area contributed by atoms with Crippen LogP contribution >= 0.6 is 0 Å². The van der Waals surface area contributed by atoms with Crippen LogP contribution in [0.5, 0.6) is 0 Å². The molecular formula is C13H19N3O3. The molecule has 1 aromatic rings. The number of nitrogens with zero attached hydrogens (tertiary/aromatic N) is 2. The number of primary amides is 1. The van der Waals surface area contributed by atoms with Crippen LogP contribution in [0.25, 0.3) is 0 Å². The number of nitrogens with two attached hydrogens (primary N) is 1. The van der Waals surface area contributed by atoms with Crippen molar-refractivity contribution in [3.63, 3.8) is 0 Å². The molecule has 2 aliphatic rings. The predicted molar refractivity (Wildman–Crippen MR) is 66.4 cm³/mol. The van der Waals surface area contributed by atoms with Crippen LogP contribution < -0.4 is 5.73 Å². The van der Waals surface area contributed by atoms with Crippen LogP contribution in [0.3, 0.4) is 0 Å². The summed E-state index contributed by atoms with van der Waals surface area (Å²) in [7, 11) is 0. The van der Waals surface area contributed by atoms with E-state index in [1.54, 1.807) is 0 Å². The van der Waals surface area contributed by atoms with Crippen LogP contribution in [-0.4, -0.2) is 28.3 Å². The van der Waals surface area contributed by atoms with Crippen molar-refractivity contribution in [2.75, 3.05) is 0 Å². The van der Waals surface area contributed by atoms with Gasteiger partial charge < -0.3 is 15.0 Å². The summed E-state index contributed by atoms with van der Waals surface area (Å²) in [5, 5.41) is 4.05. The molecule has 19 heavy (non-hydrogen) atoms. The molecule has 0 spiro atoms. The number of hydrogen-bond acceptors (Lipinski definition) is 5. The first kappa shape index (κ1) is 12.6. The second-order valence-electron chi connectivity index (χ2n) is 5.83. The quantitative estimate of drug-likeness (QED) is 0.888. The largest absolute Gasteiger partial charge is 0.376 e. The van der Waals surface area contributed by atoms with Crippen molar-refractivity contribution in [2.24, 2.45) is 5.73 Å².